The first-order valence-corrected chi connectivity index (χ1v) is 23.0. The van der Waals surface area contributed by atoms with E-state index in [0.29, 0.717) is 30.0 Å². The van der Waals surface area contributed by atoms with E-state index in [1.54, 1.807) is 0 Å². The molecule has 6 saturated carbocycles. The molecule has 0 radical (unpaired) electrons. The van der Waals surface area contributed by atoms with Gasteiger partial charge in [0, 0.05) is 23.7 Å². The monoisotopic (exact) mass is 797 g/mol. The average molecular weight is 797 g/mol. The van der Waals surface area contributed by atoms with E-state index in [1.807, 2.05) is 32.9 Å². The Kier molecular flexibility index (Phi) is 9.84. The number of esters is 1. The van der Waals surface area contributed by atoms with E-state index >= 15 is 0 Å². The quantitative estimate of drug-likeness (QED) is 0.158. The first-order valence-electron chi connectivity index (χ1n) is 23.0. The molecule has 0 aliphatic heterocycles. The lowest BCUT2D eigenvalue weighted by molar-refractivity contribution is -0.177. The van der Waals surface area contributed by atoms with Gasteiger partial charge in [-0.05, 0) is 184 Å². The molecule has 0 aromatic heterocycles. The molecule has 6 fully saturated rings. The Bertz CT molecular complexity index is 1980. The van der Waals surface area contributed by atoms with Gasteiger partial charge in [0.2, 0.25) is 0 Å². The molecule has 8 aliphatic carbocycles. The minimum absolute atomic E-state index is 0.00431. The number of carbonyl (C=O) groups is 3. The van der Waals surface area contributed by atoms with Crippen molar-refractivity contribution in [2.24, 2.45) is 56.2 Å². The smallest absolute Gasteiger partial charge is 0.309 e. The molecule has 12 unspecified atom stereocenters. The maximum Gasteiger partial charge on any atom is 0.309 e. The molecule has 0 spiro atoms. The van der Waals surface area contributed by atoms with Gasteiger partial charge >= 0.3 is 11.9 Å². The summed E-state index contributed by atoms with van der Waals surface area (Å²) >= 11 is 0. The van der Waals surface area contributed by atoms with Gasteiger partial charge in [-0.1, -0.05) is 65.7 Å². The third-order valence-corrected chi connectivity index (χ3v) is 20.0. The molecule has 0 heterocycles. The van der Waals surface area contributed by atoms with Crippen LogP contribution in [0.15, 0.2) is 29.4 Å². The van der Waals surface area contributed by atoms with E-state index in [1.165, 1.54) is 36.0 Å². The van der Waals surface area contributed by atoms with Gasteiger partial charge in [0.05, 0.1) is 5.41 Å². The van der Waals surface area contributed by atoms with Crippen molar-refractivity contribution in [3.05, 3.63) is 46.1 Å². The maximum atomic E-state index is 12.3. The number of ether oxygens (including phenoxy) is 1. The van der Waals surface area contributed by atoms with Crippen LogP contribution in [0.5, 0.6) is 11.5 Å². The summed E-state index contributed by atoms with van der Waals surface area (Å²) in [6.07, 6.45) is 21.3. The first kappa shape index (κ1) is 41.6. The van der Waals surface area contributed by atoms with Gasteiger partial charge in [0.1, 0.15) is 6.10 Å². The molecule has 8 aliphatic rings. The van der Waals surface area contributed by atoms with Crippen molar-refractivity contribution in [1.82, 2.24) is 0 Å². The summed E-state index contributed by atoms with van der Waals surface area (Å²) in [4.78, 5) is 36.0. The summed E-state index contributed by atoms with van der Waals surface area (Å²) in [5.74, 6) is 2.13. The zero-order chi connectivity index (χ0) is 42.0. The number of hydrogen-bond acceptors (Lipinski definition) is 6. The van der Waals surface area contributed by atoms with Crippen LogP contribution in [0.3, 0.4) is 0 Å². The van der Waals surface area contributed by atoms with Crippen LogP contribution >= 0.6 is 0 Å². The molecule has 318 valence electrons. The van der Waals surface area contributed by atoms with Crippen molar-refractivity contribution in [3.63, 3.8) is 0 Å². The minimum atomic E-state index is -0.641. The summed E-state index contributed by atoms with van der Waals surface area (Å²) in [5, 5.41) is 30.9. The number of aromatic hydroxyl groups is 2. The molecule has 58 heavy (non-hydrogen) atoms. The van der Waals surface area contributed by atoms with Crippen molar-refractivity contribution in [1.29, 1.82) is 0 Å². The first-order chi connectivity index (χ1) is 27.1. The van der Waals surface area contributed by atoms with Crippen molar-refractivity contribution >= 4 is 17.7 Å². The molecule has 3 N–H and O–H groups in total. The summed E-state index contributed by atoms with van der Waals surface area (Å²) in [6.45, 7) is 20.2. The SMILES string of the molecule is CCC(=O)OC1CCC2C3CCC4=CC(=O)CCC4(C)C3CCC12C.Cc1c(O)c(O)cc2c1CC=C1C2(C)CCC2(C)C3CC(C)(C(=O)O)CCC3(C)CCC12C. The number of aliphatic carboxylic acids is 1. The number of benzene rings is 1. The van der Waals surface area contributed by atoms with Crippen LogP contribution in [0.1, 0.15) is 175 Å². The third-order valence-electron chi connectivity index (χ3n) is 20.0. The zero-order valence-corrected chi connectivity index (χ0v) is 37.1. The van der Waals surface area contributed by atoms with Gasteiger partial charge in [0.25, 0.3) is 0 Å². The van der Waals surface area contributed by atoms with Crippen LogP contribution in [0.2, 0.25) is 0 Å². The van der Waals surface area contributed by atoms with Crippen molar-refractivity contribution in [3.8, 4) is 11.5 Å². The van der Waals surface area contributed by atoms with Crippen molar-refractivity contribution < 1.29 is 34.4 Å². The number of carbonyl (C=O) groups excluding carboxylic acids is 2. The van der Waals surface area contributed by atoms with Gasteiger partial charge in [0.15, 0.2) is 17.3 Å². The number of ketones is 1. The molecule has 0 amide bonds. The highest BCUT2D eigenvalue weighted by Gasteiger charge is 2.67. The Balaban J connectivity index is 0.000000168. The fraction of sp³-hybridized carbons (Fsp3) is 0.745. The highest BCUT2D eigenvalue weighted by atomic mass is 16.5. The number of hydrogen-bond donors (Lipinski definition) is 3. The van der Waals surface area contributed by atoms with E-state index in [9.17, 15) is 29.7 Å². The number of phenols is 2. The molecule has 12 atom stereocenters. The predicted octanol–water partition coefficient (Wildman–Crippen LogP) is 11.5. The Morgan fingerprint density at radius 3 is 2.28 bits per heavy atom. The van der Waals surface area contributed by atoms with Crippen LogP contribution < -0.4 is 0 Å². The second kappa shape index (κ2) is 13.7. The second-order valence-corrected chi connectivity index (χ2v) is 22.5. The Morgan fingerprint density at radius 1 is 0.845 bits per heavy atom. The highest BCUT2D eigenvalue weighted by Crippen LogP contribution is 2.75. The van der Waals surface area contributed by atoms with Crippen molar-refractivity contribution in [2.45, 2.75) is 183 Å². The van der Waals surface area contributed by atoms with Crippen LogP contribution in [0, 0.1) is 63.1 Å². The largest absolute Gasteiger partial charge is 0.504 e. The van der Waals surface area contributed by atoms with Gasteiger partial charge in [-0.2, -0.15) is 0 Å². The lowest BCUT2D eigenvalue weighted by Crippen LogP contribution is -2.62. The number of carboxylic acid groups (broad SMARTS) is 1. The molecule has 1 aromatic carbocycles. The number of allylic oxidation sites excluding steroid dienone is 3. The zero-order valence-electron chi connectivity index (χ0n) is 37.1. The van der Waals surface area contributed by atoms with Gasteiger partial charge in [-0.15, -0.1) is 0 Å². The topological polar surface area (TPSA) is 121 Å². The third kappa shape index (κ3) is 5.79. The molecule has 7 heteroatoms. The molecule has 1 aromatic rings. The normalized spacial score (nSPS) is 44.8. The predicted molar refractivity (Wildman–Crippen MR) is 226 cm³/mol. The average Bonchev–Trinajstić information content (AvgIpc) is 3.51. The van der Waals surface area contributed by atoms with E-state index < -0.39 is 11.4 Å². The van der Waals surface area contributed by atoms with Crippen LogP contribution in [-0.4, -0.2) is 39.1 Å². The fourth-order valence-corrected chi connectivity index (χ4v) is 15.8. The van der Waals surface area contributed by atoms with Crippen LogP contribution in [0.4, 0.5) is 0 Å². The molecular formula is C51H72O7. The van der Waals surface area contributed by atoms with Crippen LogP contribution in [-0.2, 0) is 31.0 Å². The van der Waals surface area contributed by atoms with E-state index in [-0.39, 0.29) is 56.1 Å². The molecule has 9 rings (SSSR count). The van der Waals surface area contributed by atoms with E-state index in [2.05, 4.69) is 47.6 Å². The number of phenolic OH excluding ortho intramolecular Hbond substituents is 2. The van der Waals surface area contributed by atoms with Gasteiger partial charge in [-0.3, -0.25) is 14.4 Å². The molecule has 7 nitrogen and oxygen atoms in total. The Hall–Kier alpha value is -3.09. The highest BCUT2D eigenvalue weighted by molar-refractivity contribution is 5.91. The number of fused-ring (bicyclic) bond motifs is 12. The number of carboxylic acids is 1. The summed E-state index contributed by atoms with van der Waals surface area (Å²) in [7, 11) is 0. The lowest BCUT2D eigenvalue weighted by atomic mass is 9.34. The van der Waals surface area contributed by atoms with Gasteiger partial charge in [-0.25, -0.2) is 0 Å². The Morgan fingerprint density at radius 2 is 1.57 bits per heavy atom. The summed E-state index contributed by atoms with van der Waals surface area (Å²) in [6, 6.07) is 1.81. The van der Waals surface area contributed by atoms with Gasteiger partial charge < -0.3 is 20.1 Å². The molecular weight excluding hydrogens is 725 g/mol. The molecule has 0 saturated heterocycles. The second-order valence-electron chi connectivity index (χ2n) is 22.5. The minimum Gasteiger partial charge on any atom is -0.504 e. The summed E-state index contributed by atoms with van der Waals surface area (Å²) < 4.78 is 5.86. The summed E-state index contributed by atoms with van der Waals surface area (Å²) in [5.41, 5.74) is 5.83. The standard InChI is InChI=1S/C29H40O4.C22H32O3/c1-17-18-7-8-21-27(4,19(18)15-20(30)23(17)31)12-14-29(6)22-16-26(3,24(32)33)10-9-25(22,2)11-13-28(21,29)5;1-4-20(24)25-19-8-7-17-16-6-5-14-13-15(23)9-11-21(14,2)18(16)10-12-22(17,19)3/h8,15,22,30-31H,7,9-14,16H2,1-6H3,(H,32,33);13,16-19H,4-12H2,1-3H3. The van der Waals surface area contributed by atoms with E-state index in [0.717, 1.165) is 101 Å². The molecule has 0 bridgehead atoms. The maximum absolute atomic E-state index is 12.3. The Labute approximate surface area is 347 Å². The van der Waals surface area contributed by atoms with Crippen LogP contribution in [0.25, 0.3) is 0 Å². The lowest BCUT2D eigenvalue weighted by Gasteiger charge is -2.69. The number of rotatable bonds is 3. The van der Waals surface area contributed by atoms with Crippen molar-refractivity contribution in [2.75, 3.05) is 0 Å². The van der Waals surface area contributed by atoms with E-state index in [4.69, 9.17) is 4.74 Å². The fourth-order valence-electron chi connectivity index (χ4n) is 15.8.